The average molecular weight is 281 g/mol. The third-order valence-corrected chi connectivity index (χ3v) is 4.52. The maximum absolute atomic E-state index is 12.5. The molecular weight excluding hydrogens is 250 g/mol. The Kier molecular flexibility index (Phi) is 6.30. The van der Waals surface area contributed by atoms with Gasteiger partial charge in [-0.3, -0.25) is 9.69 Å². The van der Waals surface area contributed by atoms with E-state index in [1.807, 2.05) is 0 Å². The zero-order valence-corrected chi connectivity index (χ0v) is 13.2. The molecule has 0 atom stereocenters. The fraction of sp³-hybridized carbons (Fsp3) is 0.938. The Labute approximate surface area is 123 Å². The van der Waals surface area contributed by atoms with Crippen LogP contribution in [0, 0.1) is 5.92 Å². The lowest BCUT2D eigenvalue weighted by Crippen LogP contribution is -2.44. The molecule has 1 saturated heterocycles. The Morgan fingerprint density at radius 1 is 1.15 bits per heavy atom. The van der Waals surface area contributed by atoms with Crippen LogP contribution in [0.25, 0.3) is 0 Å². The minimum absolute atomic E-state index is 0.345. The van der Waals surface area contributed by atoms with E-state index < -0.39 is 0 Å². The van der Waals surface area contributed by atoms with Gasteiger partial charge < -0.3 is 10.2 Å². The second-order valence-electron chi connectivity index (χ2n) is 6.34. The van der Waals surface area contributed by atoms with Crippen molar-refractivity contribution in [2.24, 2.45) is 5.92 Å². The Hall–Kier alpha value is -0.610. The Morgan fingerprint density at radius 3 is 2.40 bits per heavy atom. The predicted molar refractivity (Wildman–Crippen MR) is 82.7 cm³/mol. The number of piperidine rings is 1. The summed E-state index contributed by atoms with van der Waals surface area (Å²) in [6.45, 7) is 10.2. The van der Waals surface area contributed by atoms with Crippen LogP contribution in [-0.4, -0.2) is 61.0 Å². The molecule has 4 heteroatoms. The number of amides is 1. The van der Waals surface area contributed by atoms with Crippen molar-refractivity contribution < 1.29 is 4.79 Å². The number of nitrogens with zero attached hydrogens (tertiary/aromatic N) is 2. The third kappa shape index (κ3) is 4.74. The number of hydrogen-bond acceptors (Lipinski definition) is 3. The molecule has 20 heavy (non-hydrogen) atoms. The largest absolute Gasteiger partial charge is 0.339 e. The molecular formula is C16H31N3O. The molecule has 0 unspecified atom stereocenters. The van der Waals surface area contributed by atoms with Gasteiger partial charge in [-0.1, -0.05) is 6.92 Å². The summed E-state index contributed by atoms with van der Waals surface area (Å²) in [4.78, 5) is 16.9. The Bertz CT molecular complexity index is 298. The van der Waals surface area contributed by atoms with E-state index >= 15 is 0 Å². The average Bonchev–Trinajstić information content (AvgIpc) is 3.25. The first-order valence-electron chi connectivity index (χ1n) is 8.47. The van der Waals surface area contributed by atoms with E-state index in [-0.39, 0.29) is 0 Å². The molecule has 2 rings (SSSR count). The summed E-state index contributed by atoms with van der Waals surface area (Å²) >= 11 is 0. The molecule has 0 radical (unpaired) electrons. The summed E-state index contributed by atoms with van der Waals surface area (Å²) in [5.41, 5.74) is 0. The van der Waals surface area contributed by atoms with Crippen molar-refractivity contribution in [2.75, 3.05) is 39.3 Å². The number of carbonyl (C=O) groups is 1. The van der Waals surface area contributed by atoms with Gasteiger partial charge in [0.25, 0.3) is 0 Å². The molecule has 0 spiro atoms. The van der Waals surface area contributed by atoms with Crippen LogP contribution in [0.4, 0.5) is 0 Å². The SMILES string of the molecule is CCCN(CC(=O)N(CC)C1CC1)CC1CCNCC1. The Balaban J connectivity index is 1.81. The minimum atomic E-state index is 0.345. The highest BCUT2D eigenvalue weighted by Crippen LogP contribution is 2.26. The second kappa shape index (κ2) is 7.99. The van der Waals surface area contributed by atoms with Crippen LogP contribution in [0.15, 0.2) is 0 Å². The van der Waals surface area contributed by atoms with Crippen molar-refractivity contribution in [1.29, 1.82) is 0 Å². The van der Waals surface area contributed by atoms with E-state index in [0.717, 1.165) is 45.1 Å². The van der Waals surface area contributed by atoms with Gasteiger partial charge in [0, 0.05) is 19.1 Å². The van der Waals surface area contributed by atoms with Gasteiger partial charge in [-0.2, -0.15) is 0 Å². The van der Waals surface area contributed by atoms with E-state index in [0.29, 0.717) is 18.5 Å². The van der Waals surface area contributed by atoms with Crippen molar-refractivity contribution in [3.05, 3.63) is 0 Å². The maximum Gasteiger partial charge on any atom is 0.236 e. The van der Waals surface area contributed by atoms with Gasteiger partial charge in [0.05, 0.1) is 6.54 Å². The first kappa shape index (κ1) is 15.8. The molecule has 0 aromatic heterocycles. The zero-order valence-electron chi connectivity index (χ0n) is 13.2. The molecule has 1 aliphatic carbocycles. The number of nitrogens with one attached hydrogen (secondary N) is 1. The minimum Gasteiger partial charge on any atom is -0.339 e. The molecule has 1 saturated carbocycles. The van der Waals surface area contributed by atoms with Crippen molar-refractivity contribution in [3.63, 3.8) is 0 Å². The molecule has 2 fully saturated rings. The highest BCUT2D eigenvalue weighted by Gasteiger charge is 2.32. The molecule has 2 aliphatic rings. The number of likely N-dealkylation sites (N-methyl/N-ethyl adjacent to an activating group) is 1. The van der Waals surface area contributed by atoms with Crippen LogP contribution in [0.5, 0.6) is 0 Å². The topological polar surface area (TPSA) is 35.6 Å². The highest BCUT2D eigenvalue weighted by atomic mass is 16.2. The number of hydrogen-bond donors (Lipinski definition) is 1. The van der Waals surface area contributed by atoms with Crippen molar-refractivity contribution in [2.45, 2.75) is 52.0 Å². The van der Waals surface area contributed by atoms with Crippen molar-refractivity contribution >= 4 is 5.91 Å². The third-order valence-electron chi connectivity index (χ3n) is 4.52. The Morgan fingerprint density at radius 2 is 1.85 bits per heavy atom. The van der Waals surface area contributed by atoms with Gasteiger partial charge in [-0.05, 0) is 64.6 Å². The van der Waals surface area contributed by atoms with Crippen LogP contribution >= 0.6 is 0 Å². The predicted octanol–water partition coefficient (Wildman–Crippen LogP) is 1.71. The van der Waals surface area contributed by atoms with Crippen LogP contribution in [-0.2, 0) is 4.79 Å². The normalized spacial score (nSPS) is 20.4. The van der Waals surface area contributed by atoms with Crippen molar-refractivity contribution in [3.8, 4) is 0 Å². The van der Waals surface area contributed by atoms with E-state index in [1.54, 1.807) is 0 Å². The molecule has 0 bridgehead atoms. The van der Waals surface area contributed by atoms with E-state index in [9.17, 15) is 4.79 Å². The lowest BCUT2D eigenvalue weighted by molar-refractivity contribution is -0.133. The number of carbonyl (C=O) groups excluding carboxylic acids is 1. The molecule has 1 heterocycles. The number of rotatable bonds is 8. The molecule has 116 valence electrons. The molecule has 1 aliphatic heterocycles. The van der Waals surface area contributed by atoms with Gasteiger partial charge in [0.1, 0.15) is 0 Å². The van der Waals surface area contributed by atoms with Gasteiger partial charge >= 0.3 is 0 Å². The molecule has 0 aromatic rings. The van der Waals surface area contributed by atoms with Crippen LogP contribution < -0.4 is 5.32 Å². The summed E-state index contributed by atoms with van der Waals surface area (Å²) in [5.74, 6) is 1.11. The quantitative estimate of drug-likeness (QED) is 0.736. The first-order valence-corrected chi connectivity index (χ1v) is 8.47. The summed E-state index contributed by atoms with van der Waals surface area (Å²) in [6.07, 6.45) is 6.07. The van der Waals surface area contributed by atoms with E-state index in [4.69, 9.17) is 0 Å². The fourth-order valence-electron chi connectivity index (χ4n) is 3.29. The molecule has 0 aromatic carbocycles. The summed E-state index contributed by atoms with van der Waals surface area (Å²) in [7, 11) is 0. The van der Waals surface area contributed by atoms with Gasteiger partial charge in [-0.15, -0.1) is 0 Å². The van der Waals surface area contributed by atoms with Crippen LogP contribution in [0.3, 0.4) is 0 Å². The van der Waals surface area contributed by atoms with E-state index in [2.05, 4.69) is 29.0 Å². The lowest BCUT2D eigenvalue weighted by atomic mass is 9.97. The van der Waals surface area contributed by atoms with Crippen molar-refractivity contribution in [1.82, 2.24) is 15.1 Å². The van der Waals surface area contributed by atoms with Gasteiger partial charge in [0.15, 0.2) is 0 Å². The maximum atomic E-state index is 12.5. The fourth-order valence-corrected chi connectivity index (χ4v) is 3.29. The highest BCUT2D eigenvalue weighted by molar-refractivity contribution is 5.78. The van der Waals surface area contributed by atoms with Crippen LogP contribution in [0.1, 0.15) is 46.0 Å². The second-order valence-corrected chi connectivity index (χ2v) is 6.34. The standard InChI is InChI=1S/C16H31N3O/c1-3-11-18(12-14-7-9-17-10-8-14)13-16(20)19(4-2)15-5-6-15/h14-15,17H,3-13H2,1-2H3. The van der Waals surface area contributed by atoms with E-state index in [1.165, 1.54) is 25.7 Å². The zero-order chi connectivity index (χ0) is 14.4. The molecule has 4 nitrogen and oxygen atoms in total. The summed E-state index contributed by atoms with van der Waals surface area (Å²) < 4.78 is 0. The molecule has 1 N–H and O–H groups in total. The first-order chi connectivity index (χ1) is 9.74. The summed E-state index contributed by atoms with van der Waals surface area (Å²) in [5, 5.41) is 3.42. The monoisotopic (exact) mass is 281 g/mol. The molecule has 1 amide bonds. The van der Waals surface area contributed by atoms with Gasteiger partial charge in [0.2, 0.25) is 5.91 Å². The summed E-state index contributed by atoms with van der Waals surface area (Å²) in [6, 6.07) is 0.551. The van der Waals surface area contributed by atoms with Gasteiger partial charge in [-0.25, -0.2) is 0 Å². The smallest absolute Gasteiger partial charge is 0.236 e. The lowest BCUT2D eigenvalue weighted by Gasteiger charge is -2.31. The van der Waals surface area contributed by atoms with Crippen LogP contribution in [0.2, 0.25) is 0 Å².